The predicted molar refractivity (Wildman–Crippen MR) is 74.0 cm³/mol. The number of carboxylic acids is 1. The molecule has 0 saturated heterocycles. The number of aromatic nitrogens is 2. The van der Waals surface area contributed by atoms with Crippen molar-refractivity contribution in [2.75, 3.05) is 5.32 Å². The van der Waals surface area contributed by atoms with Gasteiger partial charge in [0, 0.05) is 5.69 Å². The fraction of sp³-hybridized carbons (Fsp3) is 0.167. The average Bonchev–Trinajstić information content (AvgIpc) is 2.39. The number of H-pyrrole nitrogens is 2. The summed E-state index contributed by atoms with van der Waals surface area (Å²) in [6, 6.07) is 3.22. The molecule has 2 aromatic rings. The van der Waals surface area contributed by atoms with E-state index in [0.717, 1.165) is 0 Å². The van der Waals surface area contributed by atoms with Crippen LogP contribution in [-0.2, 0) is 9.59 Å². The van der Waals surface area contributed by atoms with Crippen molar-refractivity contribution in [2.24, 2.45) is 5.73 Å². The zero-order chi connectivity index (χ0) is 15.6. The number of anilines is 1. The molecule has 0 aliphatic rings. The number of aromatic amines is 2. The maximum atomic E-state index is 11.7. The number of aliphatic carboxylic acids is 1. The molecular formula is C12H12N4O5. The molecule has 1 heterocycles. The Balaban J connectivity index is 2.25. The highest BCUT2D eigenvalue weighted by Crippen LogP contribution is 2.14. The number of nitrogens with two attached hydrogens (primary N) is 1. The summed E-state index contributed by atoms with van der Waals surface area (Å²) in [6.07, 6.45) is -0.496. The number of amides is 1. The number of benzene rings is 1. The minimum atomic E-state index is -1.19. The van der Waals surface area contributed by atoms with Crippen LogP contribution >= 0.6 is 0 Å². The highest BCUT2D eigenvalue weighted by Gasteiger charge is 2.17. The second-order valence-corrected chi connectivity index (χ2v) is 4.36. The van der Waals surface area contributed by atoms with Crippen LogP contribution in [0.3, 0.4) is 0 Å². The molecule has 2 rings (SSSR count). The largest absolute Gasteiger partial charge is 0.481 e. The fourth-order valence-corrected chi connectivity index (χ4v) is 1.71. The number of hydrogen-bond donors (Lipinski definition) is 5. The summed E-state index contributed by atoms with van der Waals surface area (Å²) in [4.78, 5) is 49.3. The molecule has 0 bridgehead atoms. The number of hydrogen-bond acceptors (Lipinski definition) is 5. The molecule has 0 fully saturated rings. The van der Waals surface area contributed by atoms with Crippen molar-refractivity contribution in [1.82, 2.24) is 9.97 Å². The summed E-state index contributed by atoms with van der Waals surface area (Å²) in [5.74, 6) is -1.85. The van der Waals surface area contributed by atoms with Crippen LogP contribution in [0.25, 0.3) is 11.0 Å². The van der Waals surface area contributed by atoms with Gasteiger partial charge in [-0.1, -0.05) is 0 Å². The van der Waals surface area contributed by atoms with Gasteiger partial charge in [-0.25, -0.2) is 0 Å². The van der Waals surface area contributed by atoms with Crippen molar-refractivity contribution in [2.45, 2.75) is 12.5 Å². The monoisotopic (exact) mass is 292 g/mol. The van der Waals surface area contributed by atoms with E-state index < -0.39 is 35.5 Å². The van der Waals surface area contributed by atoms with E-state index in [1.54, 1.807) is 0 Å². The van der Waals surface area contributed by atoms with Crippen LogP contribution in [0.1, 0.15) is 6.42 Å². The molecule has 9 nitrogen and oxygen atoms in total. The van der Waals surface area contributed by atoms with Crippen LogP contribution in [0.5, 0.6) is 0 Å². The Kier molecular flexibility index (Phi) is 3.85. The first-order valence-corrected chi connectivity index (χ1v) is 5.91. The van der Waals surface area contributed by atoms with E-state index >= 15 is 0 Å². The van der Waals surface area contributed by atoms with Gasteiger partial charge in [-0.05, 0) is 18.2 Å². The Bertz CT molecular complexity index is 822. The van der Waals surface area contributed by atoms with E-state index in [2.05, 4.69) is 15.3 Å². The predicted octanol–water partition coefficient (Wildman–Crippen LogP) is -1.04. The van der Waals surface area contributed by atoms with Crippen LogP contribution in [0.4, 0.5) is 5.69 Å². The van der Waals surface area contributed by atoms with Gasteiger partial charge in [0.05, 0.1) is 23.5 Å². The summed E-state index contributed by atoms with van der Waals surface area (Å²) < 4.78 is 0. The topological polar surface area (TPSA) is 158 Å². The van der Waals surface area contributed by atoms with Crippen molar-refractivity contribution < 1.29 is 14.7 Å². The van der Waals surface area contributed by atoms with Crippen LogP contribution in [-0.4, -0.2) is 33.0 Å². The number of carbonyl (C=O) groups is 2. The molecule has 9 heteroatoms. The highest BCUT2D eigenvalue weighted by molar-refractivity contribution is 5.97. The molecule has 0 saturated carbocycles. The smallest absolute Gasteiger partial charge is 0.314 e. The molecular weight excluding hydrogens is 280 g/mol. The molecule has 0 aliphatic carbocycles. The first-order chi connectivity index (χ1) is 9.86. The zero-order valence-electron chi connectivity index (χ0n) is 10.7. The third kappa shape index (κ3) is 3.34. The van der Waals surface area contributed by atoms with Crippen LogP contribution in [0.2, 0.25) is 0 Å². The standard InChI is InChI=1S/C12H12N4O5/c13-6(4-9(17)18)10(19)14-5-1-2-7-8(3-5)16-12(21)11(20)15-7/h1-3,6H,4,13H2,(H,14,19)(H,15,20)(H,16,21)(H,17,18). The van der Waals surface area contributed by atoms with Gasteiger partial charge in [-0.2, -0.15) is 0 Å². The molecule has 110 valence electrons. The Hall–Kier alpha value is -2.94. The average molecular weight is 292 g/mol. The summed E-state index contributed by atoms with van der Waals surface area (Å²) in [7, 11) is 0. The second-order valence-electron chi connectivity index (χ2n) is 4.36. The highest BCUT2D eigenvalue weighted by atomic mass is 16.4. The summed E-state index contributed by atoms with van der Waals surface area (Å²) in [5, 5.41) is 11.0. The summed E-state index contributed by atoms with van der Waals surface area (Å²) in [6.45, 7) is 0. The third-order valence-electron chi connectivity index (χ3n) is 2.72. The molecule has 0 spiro atoms. The Labute approximate surface area is 116 Å². The van der Waals surface area contributed by atoms with Crippen molar-refractivity contribution >= 4 is 28.6 Å². The van der Waals surface area contributed by atoms with Gasteiger partial charge < -0.3 is 26.1 Å². The SMILES string of the molecule is NC(CC(=O)O)C(=O)Nc1ccc2[nH]c(=O)c(=O)[nH]c2c1. The van der Waals surface area contributed by atoms with E-state index in [9.17, 15) is 19.2 Å². The fourth-order valence-electron chi connectivity index (χ4n) is 1.71. The third-order valence-corrected chi connectivity index (χ3v) is 2.72. The molecule has 0 aliphatic heterocycles. The normalized spacial score (nSPS) is 12.0. The molecule has 1 aromatic heterocycles. The molecule has 1 amide bonds. The van der Waals surface area contributed by atoms with E-state index in [1.165, 1.54) is 18.2 Å². The zero-order valence-corrected chi connectivity index (χ0v) is 10.7. The summed E-state index contributed by atoms with van der Waals surface area (Å²) >= 11 is 0. The lowest BCUT2D eigenvalue weighted by Gasteiger charge is -2.10. The minimum absolute atomic E-state index is 0.316. The lowest BCUT2D eigenvalue weighted by molar-refractivity contribution is -0.138. The van der Waals surface area contributed by atoms with Crippen molar-refractivity contribution in [3.8, 4) is 0 Å². The number of nitrogens with one attached hydrogen (secondary N) is 3. The lowest BCUT2D eigenvalue weighted by atomic mass is 10.2. The molecule has 21 heavy (non-hydrogen) atoms. The van der Waals surface area contributed by atoms with Crippen molar-refractivity contribution in [1.29, 1.82) is 0 Å². The Morgan fingerprint density at radius 3 is 2.43 bits per heavy atom. The maximum Gasteiger partial charge on any atom is 0.314 e. The van der Waals surface area contributed by atoms with Gasteiger partial charge >= 0.3 is 17.1 Å². The van der Waals surface area contributed by atoms with E-state index in [0.29, 0.717) is 16.7 Å². The van der Waals surface area contributed by atoms with Gasteiger partial charge in [0.1, 0.15) is 0 Å². The molecule has 1 atom stereocenters. The first kappa shape index (κ1) is 14.5. The second kappa shape index (κ2) is 5.59. The van der Waals surface area contributed by atoms with Gasteiger partial charge in [0.15, 0.2) is 0 Å². The minimum Gasteiger partial charge on any atom is -0.481 e. The Morgan fingerprint density at radius 2 is 1.81 bits per heavy atom. The number of carboxylic acid groups (broad SMARTS) is 1. The van der Waals surface area contributed by atoms with E-state index in [1.807, 2.05) is 0 Å². The number of rotatable bonds is 4. The van der Waals surface area contributed by atoms with Gasteiger partial charge in [-0.15, -0.1) is 0 Å². The van der Waals surface area contributed by atoms with Crippen LogP contribution in [0.15, 0.2) is 27.8 Å². The van der Waals surface area contributed by atoms with Gasteiger partial charge in [0.25, 0.3) is 0 Å². The molecule has 1 aromatic carbocycles. The Morgan fingerprint density at radius 1 is 1.19 bits per heavy atom. The van der Waals surface area contributed by atoms with Crippen LogP contribution < -0.4 is 22.2 Å². The molecule has 0 radical (unpaired) electrons. The van der Waals surface area contributed by atoms with Gasteiger partial charge in [0.2, 0.25) is 5.91 Å². The van der Waals surface area contributed by atoms with E-state index in [4.69, 9.17) is 10.8 Å². The quantitative estimate of drug-likeness (QED) is 0.452. The molecule has 6 N–H and O–H groups in total. The van der Waals surface area contributed by atoms with Gasteiger partial charge in [-0.3, -0.25) is 19.2 Å². The first-order valence-electron chi connectivity index (χ1n) is 5.91. The van der Waals surface area contributed by atoms with Crippen LogP contribution in [0, 0.1) is 0 Å². The number of carbonyl (C=O) groups excluding carboxylic acids is 1. The van der Waals surface area contributed by atoms with E-state index in [-0.39, 0.29) is 0 Å². The molecule has 1 unspecified atom stereocenters. The summed E-state index contributed by atoms with van der Waals surface area (Å²) in [5.41, 5.74) is 4.87. The lowest BCUT2D eigenvalue weighted by Crippen LogP contribution is -2.37. The van der Waals surface area contributed by atoms with Crippen molar-refractivity contribution in [3.05, 3.63) is 38.9 Å². The number of fused-ring (bicyclic) bond motifs is 1. The maximum absolute atomic E-state index is 11.7. The van der Waals surface area contributed by atoms with Crippen molar-refractivity contribution in [3.63, 3.8) is 0 Å².